The molecule has 2 amide bonds. The number of nitrogens with one attached hydrogen (secondary N) is 2. The Morgan fingerprint density at radius 2 is 1.52 bits per heavy atom. The average molecular weight is 463 g/mol. The smallest absolute Gasteiger partial charge is 0.407 e. The predicted molar refractivity (Wildman–Crippen MR) is 134 cm³/mol. The molecule has 0 atom stereocenters. The Labute approximate surface area is 201 Å². The minimum atomic E-state index is -0.486. The molecule has 2 N–H and O–H groups in total. The Bertz CT molecular complexity index is 709. The second kappa shape index (κ2) is 13.6. The summed E-state index contributed by atoms with van der Waals surface area (Å²) < 4.78 is 11.2. The lowest BCUT2D eigenvalue weighted by atomic mass is 9.75. The van der Waals surface area contributed by atoms with E-state index in [2.05, 4.69) is 50.5 Å². The van der Waals surface area contributed by atoms with E-state index >= 15 is 0 Å². The van der Waals surface area contributed by atoms with E-state index in [1.54, 1.807) is 0 Å². The first kappa shape index (κ1) is 29.0. The van der Waals surface area contributed by atoms with E-state index in [1.807, 2.05) is 39.0 Å². The number of carbonyl (C=O) groups is 2. The molecular weight excluding hydrogens is 416 g/mol. The van der Waals surface area contributed by atoms with Gasteiger partial charge in [-0.2, -0.15) is 0 Å². The van der Waals surface area contributed by atoms with Crippen molar-refractivity contribution in [3.63, 3.8) is 0 Å². The lowest BCUT2D eigenvalue weighted by molar-refractivity contribution is -0.121. The van der Waals surface area contributed by atoms with Crippen LogP contribution in [0.15, 0.2) is 30.3 Å². The molecular formula is C27H46N2O4. The van der Waals surface area contributed by atoms with Crippen LogP contribution in [0.5, 0.6) is 0 Å². The van der Waals surface area contributed by atoms with Gasteiger partial charge in [-0.1, -0.05) is 64.4 Å². The number of amides is 2. The van der Waals surface area contributed by atoms with Crippen molar-refractivity contribution in [2.75, 3.05) is 19.7 Å². The topological polar surface area (TPSA) is 76.7 Å². The molecule has 33 heavy (non-hydrogen) atoms. The third-order valence-corrected chi connectivity index (χ3v) is 5.07. The van der Waals surface area contributed by atoms with Crippen LogP contribution >= 0.6 is 0 Å². The van der Waals surface area contributed by atoms with E-state index in [0.717, 1.165) is 25.7 Å². The average Bonchev–Trinajstić information content (AvgIpc) is 2.67. The van der Waals surface area contributed by atoms with E-state index in [0.29, 0.717) is 32.7 Å². The maximum atomic E-state index is 12.3. The monoisotopic (exact) mass is 462 g/mol. The van der Waals surface area contributed by atoms with E-state index in [4.69, 9.17) is 9.47 Å². The molecule has 0 aliphatic heterocycles. The zero-order chi connectivity index (χ0) is 25.0. The van der Waals surface area contributed by atoms with Gasteiger partial charge in [0, 0.05) is 19.5 Å². The number of ether oxygens (including phenoxy) is 2. The number of rotatable bonds is 14. The summed E-state index contributed by atoms with van der Waals surface area (Å²) in [6.45, 7) is 16.8. The molecule has 0 saturated carbocycles. The Hall–Kier alpha value is -2.08. The highest BCUT2D eigenvalue weighted by Gasteiger charge is 2.29. The fraction of sp³-hybridized carbons (Fsp3) is 0.704. The first-order valence-corrected chi connectivity index (χ1v) is 12.1. The molecule has 0 bridgehead atoms. The van der Waals surface area contributed by atoms with Crippen LogP contribution < -0.4 is 10.6 Å². The summed E-state index contributed by atoms with van der Waals surface area (Å²) >= 11 is 0. The molecule has 0 aliphatic rings. The normalized spacial score (nSPS) is 12.3. The zero-order valence-electron chi connectivity index (χ0n) is 21.9. The summed E-state index contributed by atoms with van der Waals surface area (Å²) in [5.74, 6) is 0.0845. The van der Waals surface area contributed by atoms with Crippen LogP contribution in [0.3, 0.4) is 0 Å². The van der Waals surface area contributed by atoms with Crippen LogP contribution in [-0.4, -0.2) is 37.3 Å². The molecule has 0 heterocycles. The van der Waals surface area contributed by atoms with Crippen molar-refractivity contribution in [2.24, 2.45) is 10.8 Å². The molecule has 0 unspecified atom stereocenters. The highest BCUT2D eigenvalue weighted by atomic mass is 16.6. The van der Waals surface area contributed by atoms with Gasteiger partial charge in [-0.25, -0.2) is 4.79 Å². The van der Waals surface area contributed by atoms with Gasteiger partial charge in [0.15, 0.2) is 0 Å². The van der Waals surface area contributed by atoms with Crippen molar-refractivity contribution in [3.05, 3.63) is 35.9 Å². The van der Waals surface area contributed by atoms with Gasteiger partial charge < -0.3 is 20.1 Å². The van der Waals surface area contributed by atoms with Gasteiger partial charge in [0.25, 0.3) is 0 Å². The van der Waals surface area contributed by atoms with Crippen LogP contribution in [0.25, 0.3) is 0 Å². The fourth-order valence-electron chi connectivity index (χ4n) is 3.95. The quantitative estimate of drug-likeness (QED) is 0.340. The van der Waals surface area contributed by atoms with E-state index in [1.165, 1.54) is 5.56 Å². The van der Waals surface area contributed by atoms with E-state index in [-0.39, 0.29) is 16.7 Å². The van der Waals surface area contributed by atoms with Gasteiger partial charge in [0.2, 0.25) is 5.91 Å². The van der Waals surface area contributed by atoms with Gasteiger partial charge >= 0.3 is 6.09 Å². The summed E-state index contributed by atoms with van der Waals surface area (Å²) in [6, 6.07) is 10.2. The van der Waals surface area contributed by atoms with Gasteiger partial charge in [-0.3, -0.25) is 4.79 Å². The highest BCUT2D eigenvalue weighted by molar-refractivity contribution is 5.75. The van der Waals surface area contributed by atoms with Gasteiger partial charge in [0.1, 0.15) is 5.60 Å². The number of carbonyl (C=O) groups excluding carboxylic acids is 2. The first-order chi connectivity index (χ1) is 15.3. The summed E-state index contributed by atoms with van der Waals surface area (Å²) in [4.78, 5) is 23.9. The molecule has 1 aromatic rings. The number of benzene rings is 1. The minimum Gasteiger partial charge on any atom is -0.444 e. The molecule has 6 nitrogen and oxygen atoms in total. The lowest BCUT2D eigenvalue weighted by Gasteiger charge is -2.35. The van der Waals surface area contributed by atoms with Gasteiger partial charge in [-0.05, 0) is 56.4 Å². The maximum Gasteiger partial charge on any atom is 0.407 e. The van der Waals surface area contributed by atoms with Crippen LogP contribution in [0, 0.1) is 10.8 Å². The first-order valence-electron chi connectivity index (χ1n) is 12.1. The Morgan fingerprint density at radius 3 is 2.15 bits per heavy atom. The maximum absolute atomic E-state index is 12.3. The van der Waals surface area contributed by atoms with E-state index in [9.17, 15) is 9.59 Å². The molecule has 0 fully saturated rings. The number of hydrogen-bond acceptors (Lipinski definition) is 4. The Balaban J connectivity index is 2.18. The second-order valence-corrected chi connectivity index (χ2v) is 11.5. The molecule has 188 valence electrons. The molecule has 0 radical (unpaired) electrons. The van der Waals surface area contributed by atoms with Crippen molar-refractivity contribution < 1.29 is 19.1 Å². The van der Waals surface area contributed by atoms with Crippen LogP contribution in [0.1, 0.15) is 86.1 Å². The molecule has 6 heteroatoms. The summed E-state index contributed by atoms with van der Waals surface area (Å²) in [5, 5.41) is 5.84. The van der Waals surface area contributed by atoms with E-state index < -0.39 is 11.7 Å². The minimum absolute atomic E-state index is 0.0180. The standard InChI is InChI=1S/C27H46N2O4/c1-25(2,3)33-24(31)28-17-13-9-12-16-23(30)29-20-26(4,5)19-27(6,7)21-32-18-22-14-10-8-11-15-22/h8,10-11,14-15H,9,12-13,16-21H2,1-7H3,(H,28,31)(H,29,30). The van der Waals surface area contributed by atoms with Crippen molar-refractivity contribution in [1.82, 2.24) is 10.6 Å². The highest BCUT2D eigenvalue weighted by Crippen LogP contribution is 2.33. The predicted octanol–water partition coefficient (Wildman–Crippen LogP) is 5.85. The third-order valence-electron chi connectivity index (χ3n) is 5.07. The summed E-state index contributed by atoms with van der Waals surface area (Å²) in [5.41, 5.74) is 0.692. The number of unbranched alkanes of at least 4 members (excludes halogenated alkanes) is 2. The molecule has 1 rings (SSSR count). The lowest BCUT2D eigenvalue weighted by Crippen LogP contribution is -2.37. The number of hydrogen-bond donors (Lipinski definition) is 2. The number of alkyl carbamates (subject to hydrolysis) is 1. The molecule has 0 saturated heterocycles. The molecule has 0 aromatic heterocycles. The van der Waals surface area contributed by atoms with Crippen molar-refractivity contribution in [3.8, 4) is 0 Å². The fourth-order valence-corrected chi connectivity index (χ4v) is 3.95. The largest absolute Gasteiger partial charge is 0.444 e. The molecule has 1 aromatic carbocycles. The molecule has 0 aliphatic carbocycles. The van der Waals surface area contributed by atoms with Crippen LogP contribution in [0.4, 0.5) is 4.79 Å². The second-order valence-electron chi connectivity index (χ2n) is 11.5. The summed E-state index contributed by atoms with van der Waals surface area (Å²) in [6.07, 6.45) is 3.59. The van der Waals surface area contributed by atoms with Gasteiger partial charge in [0.05, 0.1) is 13.2 Å². The van der Waals surface area contributed by atoms with Crippen molar-refractivity contribution in [2.45, 2.75) is 92.8 Å². The Morgan fingerprint density at radius 1 is 0.848 bits per heavy atom. The zero-order valence-corrected chi connectivity index (χ0v) is 21.9. The Kier molecular flexibility index (Phi) is 11.9. The van der Waals surface area contributed by atoms with Crippen molar-refractivity contribution in [1.29, 1.82) is 0 Å². The third kappa shape index (κ3) is 15.4. The van der Waals surface area contributed by atoms with Crippen LogP contribution in [-0.2, 0) is 20.9 Å². The SMILES string of the molecule is CC(C)(CNC(=O)CCCCCNC(=O)OC(C)(C)C)CC(C)(C)COCc1ccccc1. The summed E-state index contributed by atoms with van der Waals surface area (Å²) in [7, 11) is 0. The van der Waals surface area contributed by atoms with Gasteiger partial charge in [-0.15, -0.1) is 0 Å². The van der Waals surface area contributed by atoms with Crippen LogP contribution in [0.2, 0.25) is 0 Å². The van der Waals surface area contributed by atoms with Crippen molar-refractivity contribution >= 4 is 12.0 Å². The molecule has 0 spiro atoms.